The molecule has 2 aromatic rings. The highest BCUT2D eigenvalue weighted by Crippen LogP contribution is 2.33. The molecule has 0 saturated heterocycles. The van der Waals surface area contributed by atoms with E-state index in [4.69, 9.17) is 0 Å². The minimum absolute atomic E-state index is 0.359. The van der Waals surface area contributed by atoms with Gasteiger partial charge in [0.15, 0.2) is 12.4 Å². The molecule has 0 saturated carbocycles. The fraction of sp³-hybridized carbons (Fsp3) is 0.105. The molecule has 1 atom stereocenters. The molecule has 96 valence electrons. The first-order valence-electron chi connectivity index (χ1n) is 6.99. The van der Waals surface area contributed by atoms with Crippen LogP contribution in [0.1, 0.15) is 24.1 Å². The fourth-order valence-electron chi connectivity index (χ4n) is 3.00. The van der Waals surface area contributed by atoms with Gasteiger partial charge in [0.1, 0.15) is 0 Å². The summed E-state index contributed by atoms with van der Waals surface area (Å²) in [5.74, 6) is 0. The van der Waals surface area contributed by atoms with E-state index in [1.54, 1.807) is 0 Å². The lowest BCUT2D eigenvalue weighted by Gasteiger charge is -2.10. The molecule has 2 heterocycles. The van der Waals surface area contributed by atoms with Crippen LogP contribution in [0.3, 0.4) is 0 Å². The predicted octanol–water partition coefficient (Wildman–Crippen LogP) is 4.31. The van der Waals surface area contributed by atoms with Crippen LogP contribution < -0.4 is 0 Å². The average molecular weight is 258 g/mol. The third-order valence-corrected chi connectivity index (χ3v) is 4.02. The van der Waals surface area contributed by atoms with Gasteiger partial charge in [-0.05, 0) is 36.3 Å². The number of benzene rings is 2. The Morgan fingerprint density at radius 1 is 0.950 bits per heavy atom. The van der Waals surface area contributed by atoms with E-state index in [2.05, 4.69) is 84.6 Å². The summed E-state index contributed by atoms with van der Waals surface area (Å²) >= 11 is 0. The molecule has 4 rings (SSSR count). The monoisotopic (exact) mass is 258 g/mol. The van der Waals surface area contributed by atoms with Crippen LogP contribution in [-0.4, -0.2) is 10.8 Å². The Bertz CT molecular complexity index is 764. The fourth-order valence-corrected chi connectivity index (χ4v) is 3.00. The van der Waals surface area contributed by atoms with E-state index in [1.807, 2.05) is 0 Å². The molecule has 1 heteroatoms. The van der Waals surface area contributed by atoms with E-state index in [-0.39, 0.29) is 0 Å². The minimum atomic E-state index is 0.359. The third kappa shape index (κ3) is 1.75. The average Bonchev–Trinajstić information content (AvgIpc) is 2.84. The van der Waals surface area contributed by atoms with Crippen molar-refractivity contribution < 1.29 is 4.58 Å². The van der Waals surface area contributed by atoms with Crippen LogP contribution in [0.4, 0.5) is 0 Å². The Morgan fingerprint density at radius 3 is 2.65 bits per heavy atom. The van der Waals surface area contributed by atoms with Crippen molar-refractivity contribution in [3.05, 3.63) is 83.6 Å². The maximum absolute atomic E-state index is 2.32. The van der Waals surface area contributed by atoms with Crippen molar-refractivity contribution in [2.45, 2.75) is 13.0 Å². The van der Waals surface area contributed by atoms with Crippen LogP contribution in [0, 0.1) is 0 Å². The quantitative estimate of drug-likeness (QED) is 0.670. The summed E-state index contributed by atoms with van der Waals surface area (Å²) < 4.78 is 2.30. The van der Waals surface area contributed by atoms with Crippen LogP contribution in [-0.2, 0) is 0 Å². The number of hydrogen-bond donors (Lipinski definition) is 0. The van der Waals surface area contributed by atoms with E-state index in [9.17, 15) is 0 Å². The zero-order chi connectivity index (χ0) is 13.5. The van der Waals surface area contributed by atoms with Gasteiger partial charge in [-0.1, -0.05) is 42.5 Å². The van der Waals surface area contributed by atoms with E-state index in [0.717, 1.165) is 0 Å². The number of nitrogens with zero attached hydrogens (tertiary/aromatic N) is 1. The van der Waals surface area contributed by atoms with Crippen molar-refractivity contribution in [3.63, 3.8) is 0 Å². The van der Waals surface area contributed by atoms with Crippen molar-refractivity contribution in [1.29, 1.82) is 0 Å². The van der Waals surface area contributed by atoms with Gasteiger partial charge in [-0.25, -0.2) is 0 Å². The van der Waals surface area contributed by atoms with Crippen LogP contribution in [0.15, 0.2) is 72.5 Å². The van der Waals surface area contributed by atoms with Gasteiger partial charge in [0.25, 0.3) is 0 Å². The zero-order valence-corrected chi connectivity index (χ0v) is 11.5. The van der Waals surface area contributed by atoms with E-state index in [0.29, 0.717) is 6.04 Å². The Hall–Kier alpha value is -2.41. The Balaban J connectivity index is 1.80. The second-order valence-corrected chi connectivity index (χ2v) is 5.46. The smallest absolute Gasteiger partial charge is 0.193 e. The lowest BCUT2D eigenvalue weighted by atomic mass is 9.96. The Morgan fingerprint density at radius 2 is 1.80 bits per heavy atom. The molecule has 0 spiro atoms. The first-order valence-corrected chi connectivity index (χ1v) is 6.99. The molecule has 0 aromatic heterocycles. The third-order valence-electron chi connectivity index (χ3n) is 4.02. The van der Waals surface area contributed by atoms with Crippen molar-refractivity contribution in [2.24, 2.45) is 0 Å². The predicted molar refractivity (Wildman–Crippen MR) is 82.9 cm³/mol. The molecule has 0 N–H and O–H groups in total. The van der Waals surface area contributed by atoms with Gasteiger partial charge in [-0.2, -0.15) is 4.58 Å². The lowest BCUT2D eigenvalue weighted by Crippen LogP contribution is -2.09. The van der Waals surface area contributed by atoms with Crippen LogP contribution in [0.25, 0.3) is 11.1 Å². The highest BCUT2D eigenvalue weighted by atomic mass is 15.0. The molecule has 0 fully saturated rings. The Labute approximate surface area is 119 Å². The summed E-state index contributed by atoms with van der Waals surface area (Å²) in [5, 5.41) is 0. The maximum atomic E-state index is 2.32. The molecule has 0 radical (unpaired) electrons. The molecule has 2 aliphatic rings. The highest BCUT2D eigenvalue weighted by Gasteiger charge is 2.30. The number of hydrogen-bond acceptors (Lipinski definition) is 0. The number of allylic oxidation sites excluding steroid dienone is 2. The van der Waals surface area contributed by atoms with Gasteiger partial charge in [-0.15, -0.1) is 0 Å². The standard InChI is InChI=1S/C19H16N/c1-14-7-10-19-18-11-16(15-5-3-2-4-6-15)8-9-17(18)13-20(19)12-14/h2-13,19H,1H3/q+1. The summed E-state index contributed by atoms with van der Waals surface area (Å²) in [7, 11) is 0. The molecule has 0 bridgehead atoms. The normalized spacial score (nSPS) is 19.1. The SMILES string of the molecule is CC1=C[N+]2=Cc3ccc(-c4ccccc4)cc3C2C=C1. The summed E-state index contributed by atoms with van der Waals surface area (Å²) in [6.45, 7) is 2.14. The lowest BCUT2D eigenvalue weighted by molar-refractivity contribution is -0.485. The number of rotatable bonds is 1. The summed E-state index contributed by atoms with van der Waals surface area (Å²) in [6, 6.07) is 17.7. The molecule has 0 amide bonds. The first kappa shape index (κ1) is 11.4. The van der Waals surface area contributed by atoms with Gasteiger partial charge in [-0.3, -0.25) is 0 Å². The minimum Gasteiger partial charge on any atom is -0.193 e. The van der Waals surface area contributed by atoms with Gasteiger partial charge < -0.3 is 0 Å². The summed E-state index contributed by atoms with van der Waals surface area (Å²) in [4.78, 5) is 0. The van der Waals surface area contributed by atoms with Crippen LogP contribution in [0.5, 0.6) is 0 Å². The van der Waals surface area contributed by atoms with Crippen molar-refractivity contribution >= 4 is 6.21 Å². The molecule has 1 unspecified atom stereocenters. The molecular weight excluding hydrogens is 242 g/mol. The first-order chi connectivity index (χ1) is 9.81. The van der Waals surface area contributed by atoms with E-state index in [1.165, 1.54) is 27.8 Å². The van der Waals surface area contributed by atoms with Crippen molar-refractivity contribution in [1.82, 2.24) is 0 Å². The van der Waals surface area contributed by atoms with E-state index < -0.39 is 0 Å². The largest absolute Gasteiger partial charge is 0.203 e. The summed E-state index contributed by atoms with van der Waals surface area (Å²) in [6.07, 6.45) is 8.94. The molecule has 1 nitrogen and oxygen atoms in total. The van der Waals surface area contributed by atoms with Gasteiger partial charge >= 0.3 is 0 Å². The van der Waals surface area contributed by atoms with E-state index >= 15 is 0 Å². The van der Waals surface area contributed by atoms with Crippen LogP contribution >= 0.6 is 0 Å². The zero-order valence-electron chi connectivity index (χ0n) is 11.5. The van der Waals surface area contributed by atoms with Crippen molar-refractivity contribution in [3.8, 4) is 11.1 Å². The second kappa shape index (κ2) is 4.31. The molecule has 2 aliphatic heterocycles. The van der Waals surface area contributed by atoms with Gasteiger partial charge in [0, 0.05) is 16.7 Å². The van der Waals surface area contributed by atoms with Gasteiger partial charge in [0.2, 0.25) is 6.04 Å². The molecular formula is C19H16N+. The second-order valence-electron chi connectivity index (χ2n) is 5.46. The molecule has 2 aromatic carbocycles. The maximum Gasteiger partial charge on any atom is 0.203 e. The highest BCUT2D eigenvalue weighted by molar-refractivity contribution is 5.83. The summed E-state index contributed by atoms with van der Waals surface area (Å²) in [5.41, 5.74) is 6.59. The van der Waals surface area contributed by atoms with Crippen molar-refractivity contribution in [2.75, 3.05) is 0 Å². The van der Waals surface area contributed by atoms with Gasteiger partial charge in [0.05, 0.1) is 0 Å². The van der Waals surface area contributed by atoms with Crippen LogP contribution in [0.2, 0.25) is 0 Å². The topological polar surface area (TPSA) is 3.01 Å². The molecule has 20 heavy (non-hydrogen) atoms. The number of fused-ring (bicyclic) bond motifs is 3. The Kier molecular flexibility index (Phi) is 2.46. The molecule has 0 aliphatic carbocycles.